The van der Waals surface area contributed by atoms with E-state index in [0.29, 0.717) is 5.09 Å². The van der Waals surface area contributed by atoms with Crippen molar-refractivity contribution in [2.45, 2.75) is 5.09 Å². The Morgan fingerprint density at radius 1 is 1.90 bits per heavy atom. The summed E-state index contributed by atoms with van der Waals surface area (Å²) in [5.74, 6) is -1.06. The van der Waals surface area contributed by atoms with E-state index in [9.17, 15) is 4.79 Å². The summed E-state index contributed by atoms with van der Waals surface area (Å²) in [6.07, 6.45) is 1.12. The van der Waals surface area contributed by atoms with Gasteiger partial charge in [0.1, 0.15) is 0 Å². The predicted octanol–water partition coefficient (Wildman–Crippen LogP) is 1.81. The van der Waals surface area contributed by atoms with E-state index < -0.39 is 5.97 Å². The first-order valence-corrected chi connectivity index (χ1v) is 5.57. The lowest BCUT2D eigenvalue weighted by Gasteiger charge is -1.86. The number of carboxylic acids is 1. The van der Waals surface area contributed by atoms with Crippen LogP contribution in [0, 0.1) is 0 Å². The number of hydrogen-bond acceptors (Lipinski definition) is 4. The highest BCUT2D eigenvalue weighted by Crippen LogP contribution is 2.27. The van der Waals surface area contributed by atoms with Gasteiger partial charge in [0.05, 0.1) is 0 Å². The molecule has 4 nitrogen and oxygen atoms in total. The highest BCUT2D eigenvalue weighted by atomic mass is 127. The van der Waals surface area contributed by atoms with E-state index in [-0.39, 0.29) is 5.69 Å². The number of carboxylic acid groups (broad SMARTS) is 1. The lowest BCUT2D eigenvalue weighted by Crippen LogP contribution is -1.96. The summed E-state index contributed by atoms with van der Waals surface area (Å²) in [5, 5.41) is 8.77. The lowest BCUT2D eigenvalue weighted by atomic mass is 10.5. The van der Waals surface area contributed by atoms with Gasteiger partial charge in [0.2, 0.25) is 10.8 Å². The van der Waals surface area contributed by atoms with Gasteiger partial charge in [-0.25, -0.2) is 9.78 Å². The molecular weight excluding hydrogens is 269 g/mol. The molecule has 1 N–H and O–H groups in total. The van der Waals surface area contributed by atoms with Crippen molar-refractivity contribution in [1.82, 2.24) is 4.98 Å². The van der Waals surface area contributed by atoms with Crippen molar-refractivity contribution in [2.75, 3.05) is 0 Å². The number of oxazole rings is 1. The zero-order valence-corrected chi connectivity index (χ0v) is 7.55. The fraction of sp³-hybridized carbons (Fsp3) is 0. The lowest BCUT2D eigenvalue weighted by molar-refractivity contribution is 0.0685. The van der Waals surface area contributed by atoms with Gasteiger partial charge >= 0.3 is 5.97 Å². The van der Waals surface area contributed by atoms with Gasteiger partial charge in [0, 0.05) is 21.2 Å². The Kier molecular flexibility index (Phi) is 2.55. The molecule has 10 heavy (non-hydrogen) atoms. The average molecular weight is 271 g/mol. The largest absolute Gasteiger partial charge is 0.476 e. The summed E-state index contributed by atoms with van der Waals surface area (Å²) < 4.78 is 4.74. The van der Waals surface area contributed by atoms with Gasteiger partial charge < -0.3 is 9.52 Å². The Balaban J connectivity index is 3.01. The highest BCUT2D eigenvalue weighted by molar-refractivity contribution is 14.2. The van der Waals surface area contributed by atoms with Crippen LogP contribution in [0.25, 0.3) is 0 Å². The number of aromatic carboxylic acids is 1. The van der Waals surface area contributed by atoms with Crippen LogP contribution in [0.3, 0.4) is 0 Å². The third-order valence-corrected chi connectivity index (χ3v) is 2.44. The number of hydrogen-bond donors (Lipinski definition) is 1. The maximum Gasteiger partial charge on any atom is 0.359 e. The summed E-state index contributed by atoms with van der Waals surface area (Å²) in [6.45, 7) is 0. The first-order chi connectivity index (χ1) is 4.75. The molecule has 6 heteroatoms. The number of aromatic nitrogens is 1. The van der Waals surface area contributed by atoms with Gasteiger partial charge in [-0.3, -0.25) is 0 Å². The maximum absolute atomic E-state index is 10.3. The molecule has 0 aliphatic heterocycles. The van der Waals surface area contributed by atoms with Crippen LogP contribution in [-0.4, -0.2) is 16.1 Å². The number of nitrogens with zero attached hydrogens (tertiary/aromatic N) is 1. The fourth-order valence-electron chi connectivity index (χ4n) is 0.433. The molecule has 0 aromatic carbocycles. The molecule has 0 radical (unpaired) electrons. The minimum atomic E-state index is -1.06. The Hall–Kier alpha value is -0.240. The third kappa shape index (κ3) is 1.43. The van der Waals surface area contributed by atoms with Crippen molar-refractivity contribution in [3.8, 4) is 0 Å². The normalized spacial score (nSPS) is 9.70. The molecule has 54 valence electrons. The van der Waals surface area contributed by atoms with Crippen molar-refractivity contribution >= 4 is 36.1 Å². The molecule has 1 aromatic rings. The number of carbonyl (C=O) groups is 1. The first-order valence-electron chi connectivity index (χ1n) is 2.21. The monoisotopic (exact) mass is 271 g/mol. The van der Waals surface area contributed by atoms with E-state index in [1.807, 2.05) is 21.2 Å². The second-order valence-corrected chi connectivity index (χ2v) is 3.22. The van der Waals surface area contributed by atoms with Gasteiger partial charge in [-0.15, -0.1) is 0 Å². The molecule has 0 amide bonds. The van der Waals surface area contributed by atoms with Crippen molar-refractivity contribution in [3.63, 3.8) is 0 Å². The van der Waals surface area contributed by atoms with Crippen LogP contribution in [0.15, 0.2) is 15.9 Å². The van der Waals surface area contributed by atoms with Crippen LogP contribution >= 0.6 is 30.1 Å². The maximum atomic E-state index is 10.3. The summed E-state index contributed by atoms with van der Waals surface area (Å²) in [5.41, 5.74) is -0.0283. The Labute approximate surface area is 72.6 Å². The second kappa shape index (κ2) is 3.24. The van der Waals surface area contributed by atoms with Crippen molar-refractivity contribution in [2.24, 2.45) is 0 Å². The molecule has 0 unspecified atom stereocenters. The van der Waals surface area contributed by atoms with Gasteiger partial charge in [0.25, 0.3) is 0 Å². The Morgan fingerprint density at radius 2 is 2.60 bits per heavy atom. The standard InChI is InChI=1S/C4H2INO3S/c5-10-4-2(3(7)8)6-1-9-4/h1H,(H,7,8). The smallest absolute Gasteiger partial charge is 0.359 e. The van der Waals surface area contributed by atoms with Crippen LogP contribution in [0.5, 0.6) is 0 Å². The van der Waals surface area contributed by atoms with Crippen molar-refractivity contribution < 1.29 is 14.3 Å². The molecule has 1 aromatic heterocycles. The second-order valence-electron chi connectivity index (χ2n) is 1.37. The molecule has 0 saturated carbocycles. The average Bonchev–Trinajstić information content (AvgIpc) is 2.33. The van der Waals surface area contributed by atoms with E-state index in [2.05, 4.69) is 4.98 Å². The number of halogens is 1. The van der Waals surface area contributed by atoms with E-state index in [1.54, 1.807) is 0 Å². The summed E-state index contributed by atoms with van der Waals surface area (Å²) in [7, 11) is 1.19. The fourth-order valence-corrected chi connectivity index (χ4v) is 1.66. The predicted molar refractivity (Wildman–Crippen MR) is 43.3 cm³/mol. The molecule has 0 aliphatic rings. The van der Waals surface area contributed by atoms with E-state index in [4.69, 9.17) is 9.52 Å². The minimum absolute atomic E-state index is 0.0283. The Bertz CT molecular complexity index is 248. The minimum Gasteiger partial charge on any atom is -0.476 e. The molecular formula is C4H2INO3S. The third-order valence-electron chi connectivity index (χ3n) is 0.808. The van der Waals surface area contributed by atoms with Crippen LogP contribution < -0.4 is 0 Å². The van der Waals surface area contributed by atoms with Crippen LogP contribution in [0.4, 0.5) is 0 Å². The van der Waals surface area contributed by atoms with Crippen LogP contribution in [0.2, 0.25) is 0 Å². The summed E-state index contributed by atoms with van der Waals surface area (Å²) in [4.78, 5) is 13.8. The molecule has 1 rings (SSSR count). The van der Waals surface area contributed by atoms with Crippen LogP contribution in [0.1, 0.15) is 10.5 Å². The molecule has 0 atom stereocenters. The van der Waals surface area contributed by atoms with E-state index in [1.165, 1.54) is 8.93 Å². The molecule has 0 fully saturated rings. The van der Waals surface area contributed by atoms with Gasteiger partial charge in [-0.05, 0) is 8.93 Å². The van der Waals surface area contributed by atoms with Gasteiger partial charge in [-0.1, -0.05) is 0 Å². The zero-order valence-electron chi connectivity index (χ0n) is 4.57. The summed E-state index contributed by atoms with van der Waals surface area (Å²) >= 11 is 1.93. The molecule has 0 aliphatic carbocycles. The summed E-state index contributed by atoms with van der Waals surface area (Å²) in [6, 6.07) is 0. The molecule has 0 bridgehead atoms. The van der Waals surface area contributed by atoms with Crippen molar-refractivity contribution in [3.05, 3.63) is 12.1 Å². The van der Waals surface area contributed by atoms with Crippen molar-refractivity contribution in [1.29, 1.82) is 0 Å². The van der Waals surface area contributed by atoms with E-state index in [0.717, 1.165) is 6.39 Å². The molecule has 0 saturated heterocycles. The van der Waals surface area contributed by atoms with Crippen LogP contribution in [-0.2, 0) is 0 Å². The van der Waals surface area contributed by atoms with Gasteiger partial charge in [0.15, 0.2) is 6.39 Å². The molecule has 1 heterocycles. The van der Waals surface area contributed by atoms with E-state index >= 15 is 0 Å². The first kappa shape index (κ1) is 7.86. The molecule has 0 spiro atoms. The zero-order chi connectivity index (χ0) is 7.56. The Morgan fingerprint density at radius 3 is 3.00 bits per heavy atom. The van der Waals surface area contributed by atoms with Gasteiger partial charge in [-0.2, -0.15) is 0 Å². The topological polar surface area (TPSA) is 63.3 Å². The number of rotatable bonds is 2. The SMILES string of the molecule is O=C(O)c1ncoc1SI. The highest BCUT2D eigenvalue weighted by Gasteiger charge is 2.14. The quantitative estimate of drug-likeness (QED) is 0.831.